The second-order valence-electron chi connectivity index (χ2n) is 8.25. The van der Waals surface area contributed by atoms with E-state index in [4.69, 9.17) is 0 Å². The largest absolute Gasteiger partial charge is 0.347 e. The van der Waals surface area contributed by atoms with Crippen LogP contribution in [-0.4, -0.2) is 80.7 Å². The predicted octanol–water partition coefficient (Wildman–Crippen LogP) is 1.74. The summed E-state index contributed by atoms with van der Waals surface area (Å²) in [6.07, 6.45) is 5.56. The van der Waals surface area contributed by atoms with E-state index in [2.05, 4.69) is 5.32 Å². The smallest absolute Gasteiger partial charge is 0.243 e. The summed E-state index contributed by atoms with van der Waals surface area (Å²) in [7, 11) is -0.0592. The zero-order chi connectivity index (χ0) is 21.7. The molecule has 1 atom stereocenters. The quantitative estimate of drug-likeness (QED) is 0.734. The molecule has 2 heterocycles. The first-order chi connectivity index (χ1) is 14.3. The summed E-state index contributed by atoms with van der Waals surface area (Å²) >= 11 is 0. The van der Waals surface area contributed by atoms with Crippen LogP contribution in [0.2, 0.25) is 0 Å². The van der Waals surface area contributed by atoms with Gasteiger partial charge in [0, 0.05) is 32.9 Å². The van der Waals surface area contributed by atoms with Crippen LogP contribution in [0.15, 0.2) is 29.2 Å². The van der Waals surface area contributed by atoms with Crippen LogP contribution in [0.5, 0.6) is 0 Å². The van der Waals surface area contributed by atoms with Crippen LogP contribution >= 0.6 is 0 Å². The highest BCUT2D eigenvalue weighted by Crippen LogP contribution is 2.22. The van der Waals surface area contributed by atoms with Gasteiger partial charge in [-0.1, -0.05) is 12.8 Å². The molecule has 1 aromatic carbocycles. The Morgan fingerprint density at radius 1 is 1.00 bits per heavy atom. The highest BCUT2D eigenvalue weighted by Gasteiger charge is 2.32. The summed E-state index contributed by atoms with van der Waals surface area (Å²) in [5, 5.41) is 2.81. The maximum atomic E-state index is 12.9. The molecule has 30 heavy (non-hydrogen) atoms. The molecule has 8 nitrogen and oxygen atoms in total. The van der Waals surface area contributed by atoms with Crippen molar-refractivity contribution in [1.82, 2.24) is 14.1 Å². The first-order valence-electron chi connectivity index (χ1n) is 10.6. The minimum Gasteiger partial charge on any atom is -0.347 e. The summed E-state index contributed by atoms with van der Waals surface area (Å²) in [6.45, 7) is 1.97. The minimum atomic E-state index is -3.50. The summed E-state index contributed by atoms with van der Waals surface area (Å²) in [6, 6.07) is 6.07. The fourth-order valence-electron chi connectivity index (χ4n) is 4.12. The molecule has 1 aromatic rings. The standard InChI is InChI=1S/C21H32N4O4S/c1-23(2)21(27)19-8-7-13-24(19)16-20(26)22-17-9-11-18(12-10-17)30(28,29)25-14-5-3-4-6-15-25/h9-12,19H,3-8,13-16H2,1-2H3,(H,22,26). The first-order valence-corrected chi connectivity index (χ1v) is 12.1. The summed E-state index contributed by atoms with van der Waals surface area (Å²) in [5.41, 5.74) is 0.546. The lowest BCUT2D eigenvalue weighted by molar-refractivity contribution is -0.133. The van der Waals surface area contributed by atoms with Gasteiger partial charge in [0.05, 0.1) is 17.5 Å². The van der Waals surface area contributed by atoms with Crippen molar-refractivity contribution in [2.24, 2.45) is 0 Å². The Kier molecular flexibility index (Phi) is 7.49. The number of benzene rings is 1. The molecular formula is C21H32N4O4S. The van der Waals surface area contributed by atoms with Gasteiger partial charge in [-0.15, -0.1) is 0 Å². The third-order valence-electron chi connectivity index (χ3n) is 5.78. The minimum absolute atomic E-state index is 0.0170. The summed E-state index contributed by atoms with van der Waals surface area (Å²) in [5.74, 6) is -0.194. The molecule has 0 saturated carbocycles. The number of amides is 2. The molecule has 166 valence electrons. The van der Waals surface area contributed by atoms with Gasteiger partial charge < -0.3 is 10.2 Å². The molecule has 2 amide bonds. The molecule has 0 bridgehead atoms. The third-order valence-corrected chi connectivity index (χ3v) is 7.69. The maximum absolute atomic E-state index is 12.9. The molecule has 3 rings (SSSR count). The number of likely N-dealkylation sites (N-methyl/N-ethyl adjacent to an activating group) is 1. The number of carbonyl (C=O) groups is 2. The van der Waals surface area contributed by atoms with Crippen LogP contribution in [0.1, 0.15) is 38.5 Å². The van der Waals surface area contributed by atoms with Crippen LogP contribution in [-0.2, 0) is 19.6 Å². The van der Waals surface area contributed by atoms with Crippen molar-refractivity contribution in [3.05, 3.63) is 24.3 Å². The van der Waals surface area contributed by atoms with Crippen molar-refractivity contribution in [1.29, 1.82) is 0 Å². The topological polar surface area (TPSA) is 90.0 Å². The number of carbonyl (C=O) groups excluding carboxylic acids is 2. The molecule has 9 heteroatoms. The van der Waals surface area contributed by atoms with E-state index in [-0.39, 0.29) is 29.3 Å². The van der Waals surface area contributed by atoms with Crippen molar-refractivity contribution >= 4 is 27.5 Å². The van der Waals surface area contributed by atoms with E-state index in [1.165, 1.54) is 0 Å². The SMILES string of the molecule is CN(C)C(=O)C1CCCN1CC(=O)Nc1ccc(S(=O)(=O)N2CCCCCC2)cc1. The highest BCUT2D eigenvalue weighted by atomic mass is 32.2. The number of hydrogen-bond donors (Lipinski definition) is 1. The van der Waals surface area contributed by atoms with Gasteiger partial charge in [-0.2, -0.15) is 4.31 Å². The average Bonchev–Trinajstić information content (AvgIpc) is 2.98. The third kappa shape index (κ3) is 5.39. The number of rotatable bonds is 6. The Hall–Kier alpha value is -1.97. The molecule has 0 spiro atoms. The molecule has 0 radical (unpaired) electrons. The van der Waals surface area contributed by atoms with Gasteiger partial charge in [0.25, 0.3) is 0 Å². The van der Waals surface area contributed by atoms with Gasteiger partial charge in [0.15, 0.2) is 0 Å². The highest BCUT2D eigenvalue weighted by molar-refractivity contribution is 7.89. The molecule has 1 N–H and O–H groups in total. The number of likely N-dealkylation sites (tertiary alicyclic amines) is 1. The van der Waals surface area contributed by atoms with Gasteiger partial charge in [0.1, 0.15) is 0 Å². The molecule has 2 aliphatic rings. The fourth-order valence-corrected chi connectivity index (χ4v) is 5.64. The van der Waals surface area contributed by atoms with E-state index in [0.717, 1.165) is 38.5 Å². The molecule has 2 saturated heterocycles. The molecule has 2 aliphatic heterocycles. The normalized spacial score (nSPS) is 21.2. The second kappa shape index (κ2) is 9.89. The summed E-state index contributed by atoms with van der Waals surface area (Å²) < 4.78 is 27.3. The van der Waals surface area contributed by atoms with Crippen LogP contribution in [0.4, 0.5) is 5.69 Å². The zero-order valence-corrected chi connectivity index (χ0v) is 18.7. The summed E-state index contributed by atoms with van der Waals surface area (Å²) in [4.78, 5) is 28.4. The van der Waals surface area contributed by atoms with Gasteiger partial charge in [0.2, 0.25) is 21.8 Å². The van der Waals surface area contributed by atoms with Crippen LogP contribution in [0, 0.1) is 0 Å². The second-order valence-corrected chi connectivity index (χ2v) is 10.2. The van der Waals surface area contributed by atoms with Crippen LogP contribution < -0.4 is 5.32 Å². The van der Waals surface area contributed by atoms with E-state index in [0.29, 0.717) is 25.3 Å². The lowest BCUT2D eigenvalue weighted by Gasteiger charge is -2.25. The Labute approximate surface area is 179 Å². The Bertz CT molecular complexity index is 846. The van der Waals surface area contributed by atoms with Gasteiger partial charge in [-0.3, -0.25) is 14.5 Å². The van der Waals surface area contributed by atoms with Crippen molar-refractivity contribution in [2.75, 3.05) is 45.6 Å². The van der Waals surface area contributed by atoms with E-state index in [9.17, 15) is 18.0 Å². The Balaban J connectivity index is 1.60. The van der Waals surface area contributed by atoms with Crippen molar-refractivity contribution < 1.29 is 18.0 Å². The number of anilines is 1. The molecular weight excluding hydrogens is 404 g/mol. The van der Waals surface area contributed by atoms with Gasteiger partial charge in [-0.25, -0.2) is 8.42 Å². The van der Waals surface area contributed by atoms with E-state index < -0.39 is 10.0 Å². The number of sulfonamides is 1. The van der Waals surface area contributed by atoms with Crippen molar-refractivity contribution in [3.8, 4) is 0 Å². The molecule has 0 aliphatic carbocycles. The van der Waals surface area contributed by atoms with Crippen LogP contribution in [0.3, 0.4) is 0 Å². The average molecular weight is 437 g/mol. The maximum Gasteiger partial charge on any atom is 0.243 e. The van der Waals surface area contributed by atoms with Crippen molar-refractivity contribution in [3.63, 3.8) is 0 Å². The Morgan fingerprint density at radius 2 is 1.63 bits per heavy atom. The van der Waals surface area contributed by atoms with E-state index >= 15 is 0 Å². The molecule has 1 unspecified atom stereocenters. The fraction of sp³-hybridized carbons (Fsp3) is 0.619. The predicted molar refractivity (Wildman–Crippen MR) is 116 cm³/mol. The lowest BCUT2D eigenvalue weighted by atomic mass is 10.2. The van der Waals surface area contributed by atoms with Gasteiger partial charge in [-0.05, 0) is 56.5 Å². The lowest BCUT2D eigenvalue weighted by Crippen LogP contribution is -2.45. The van der Waals surface area contributed by atoms with Gasteiger partial charge >= 0.3 is 0 Å². The first kappa shape index (κ1) is 22.7. The number of nitrogens with one attached hydrogen (secondary N) is 1. The van der Waals surface area contributed by atoms with E-state index in [1.54, 1.807) is 47.6 Å². The molecule has 0 aromatic heterocycles. The molecule has 2 fully saturated rings. The zero-order valence-electron chi connectivity index (χ0n) is 17.8. The Morgan fingerprint density at radius 3 is 2.23 bits per heavy atom. The number of hydrogen-bond acceptors (Lipinski definition) is 5. The monoisotopic (exact) mass is 436 g/mol. The number of nitrogens with zero attached hydrogens (tertiary/aromatic N) is 3. The van der Waals surface area contributed by atoms with Crippen molar-refractivity contribution in [2.45, 2.75) is 49.5 Å². The van der Waals surface area contributed by atoms with E-state index in [1.807, 2.05) is 4.90 Å². The van der Waals surface area contributed by atoms with Crippen LogP contribution in [0.25, 0.3) is 0 Å².